The summed E-state index contributed by atoms with van der Waals surface area (Å²) in [5.74, 6) is 0.317. The van der Waals surface area contributed by atoms with E-state index >= 15 is 0 Å². The molecule has 22 heavy (non-hydrogen) atoms. The number of carbonyl (C=O) groups is 1. The van der Waals surface area contributed by atoms with E-state index in [0.717, 1.165) is 36.0 Å². The summed E-state index contributed by atoms with van der Waals surface area (Å²) in [5, 5.41) is 8.40. The first-order chi connectivity index (χ1) is 10.6. The first-order valence-corrected chi connectivity index (χ1v) is 7.90. The van der Waals surface area contributed by atoms with Crippen molar-refractivity contribution >= 4 is 16.9 Å². The van der Waals surface area contributed by atoms with Gasteiger partial charge in [0, 0.05) is 24.7 Å². The lowest BCUT2D eigenvalue weighted by Gasteiger charge is -2.31. The van der Waals surface area contributed by atoms with Gasteiger partial charge in [0.15, 0.2) is 5.65 Å². The molecule has 1 fully saturated rings. The number of fused-ring (bicyclic) bond motifs is 1. The highest BCUT2D eigenvalue weighted by molar-refractivity contribution is 5.97. The fourth-order valence-corrected chi connectivity index (χ4v) is 3.36. The average Bonchev–Trinajstić information content (AvgIpc) is 2.82. The summed E-state index contributed by atoms with van der Waals surface area (Å²) in [6.45, 7) is 2.56. The second-order valence-electron chi connectivity index (χ2n) is 6.16. The van der Waals surface area contributed by atoms with Crippen molar-refractivity contribution in [3.05, 3.63) is 23.5 Å². The van der Waals surface area contributed by atoms with Gasteiger partial charge >= 0.3 is 0 Å². The SMILES string of the molecule is Cc1nn(C)c2ncc(C(=O)NC3CCCCC3CN)cc12. The lowest BCUT2D eigenvalue weighted by Crippen LogP contribution is -2.44. The van der Waals surface area contributed by atoms with Crippen LogP contribution in [-0.2, 0) is 7.05 Å². The average molecular weight is 301 g/mol. The molecule has 2 unspecified atom stereocenters. The number of hydrogen-bond acceptors (Lipinski definition) is 4. The minimum atomic E-state index is -0.0667. The molecule has 118 valence electrons. The van der Waals surface area contributed by atoms with Crippen molar-refractivity contribution in [3.63, 3.8) is 0 Å². The molecule has 0 spiro atoms. The Labute approximate surface area is 130 Å². The van der Waals surface area contributed by atoms with Crippen LogP contribution in [0, 0.1) is 12.8 Å². The Morgan fingerprint density at radius 2 is 2.23 bits per heavy atom. The molecule has 0 radical (unpaired) electrons. The minimum Gasteiger partial charge on any atom is -0.349 e. The monoisotopic (exact) mass is 301 g/mol. The van der Waals surface area contributed by atoms with Gasteiger partial charge in [-0.2, -0.15) is 5.10 Å². The van der Waals surface area contributed by atoms with Crippen LogP contribution in [0.4, 0.5) is 0 Å². The molecule has 0 saturated heterocycles. The highest BCUT2D eigenvalue weighted by atomic mass is 16.1. The van der Waals surface area contributed by atoms with Crippen LogP contribution in [0.15, 0.2) is 12.3 Å². The zero-order chi connectivity index (χ0) is 15.7. The largest absolute Gasteiger partial charge is 0.349 e. The molecule has 0 aromatic carbocycles. The van der Waals surface area contributed by atoms with Crippen molar-refractivity contribution in [2.75, 3.05) is 6.54 Å². The van der Waals surface area contributed by atoms with E-state index < -0.39 is 0 Å². The van der Waals surface area contributed by atoms with Crippen LogP contribution in [0.1, 0.15) is 41.7 Å². The third-order valence-corrected chi connectivity index (χ3v) is 4.65. The van der Waals surface area contributed by atoms with E-state index in [-0.39, 0.29) is 11.9 Å². The van der Waals surface area contributed by atoms with Gasteiger partial charge in [-0.05, 0) is 38.3 Å². The zero-order valence-electron chi connectivity index (χ0n) is 13.2. The first-order valence-electron chi connectivity index (χ1n) is 7.90. The normalized spacial score (nSPS) is 22.0. The van der Waals surface area contributed by atoms with Crippen LogP contribution in [0.3, 0.4) is 0 Å². The van der Waals surface area contributed by atoms with Crippen molar-refractivity contribution in [1.82, 2.24) is 20.1 Å². The number of rotatable bonds is 3. The van der Waals surface area contributed by atoms with Crippen molar-refractivity contribution in [2.24, 2.45) is 18.7 Å². The van der Waals surface area contributed by atoms with Crippen molar-refractivity contribution < 1.29 is 4.79 Å². The lowest BCUT2D eigenvalue weighted by molar-refractivity contribution is 0.0908. The molecular formula is C16H23N5O. The summed E-state index contributed by atoms with van der Waals surface area (Å²) in [4.78, 5) is 16.9. The topological polar surface area (TPSA) is 85.8 Å². The summed E-state index contributed by atoms with van der Waals surface area (Å²) in [6, 6.07) is 2.05. The molecule has 1 amide bonds. The third kappa shape index (κ3) is 2.70. The van der Waals surface area contributed by atoms with Gasteiger partial charge in [-0.15, -0.1) is 0 Å². The van der Waals surface area contributed by atoms with Crippen LogP contribution in [0.5, 0.6) is 0 Å². The Morgan fingerprint density at radius 3 is 3.00 bits per heavy atom. The van der Waals surface area contributed by atoms with E-state index in [1.165, 1.54) is 6.42 Å². The number of aromatic nitrogens is 3. The fraction of sp³-hybridized carbons (Fsp3) is 0.562. The fourth-order valence-electron chi connectivity index (χ4n) is 3.36. The molecule has 2 heterocycles. The minimum absolute atomic E-state index is 0.0667. The van der Waals surface area contributed by atoms with E-state index in [9.17, 15) is 4.79 Å². The van der Waals surface area contributed by atoms with E-state index in [2.05, 4.69) is 15.4 Å². The van der Waals surface area contributed by atoms with Gasteiger partial charge in [0.2, 0.25) is 0 Å². The smallest absolute Gasteiger partial charge is 0.253 e. The second kappa shape index (κ2) is 6.04. The molecule has 1 saturated carbocycles. The molecule has 0 bridgehead atoms. The number of carbonyl (C=O) groups excluding carboxylic acids is 1. The Bertz CT molecular complexity index is 693. The quantitative estimate of drug-likeness (QED) is 0.900. The van der Waals surface area contributed by atoms with Gasteiger partial charge in [0.1, 0.15) is 0 Å². The number of nitrogens with zero attached hydrogens (tertiary/aromatic N) is 3. The Morgan fingerprint density at radius 1 is 1.45 bits per heavy atom. The number of pyridine rings is 1. The lowest BCUT2D eigenvalue weighted by atomic mass is 9.84. The number of nitrogens with two attached hydrogens (primary N) is 1. The zero-order valence-corrected chi connectivity index (χ0v) is 13.2. The predicted octanol–water partition coefficient (Wildman–Crippen LogP) is 1.52. The molecule has 2 aromatic rings. The van der Waals surface area contributed by atoms with E-state index in [1.807, 2.05) is 20.0 Å². The number of nitrogens with one attached hydrogen (secondary N) is 1. The molecule has 6 nitrogen and oxygen atoms in total. The van der Waals surface area contributed by atoms with Crippen LogP contribution in [0.2, 0.25) is 0 Å². The molecular weight excluding hydrogens is 278 g/mol. The molecule has 2 atom stereocenters. The maximum atomic E-state index is 12.5. The molecule has 6 heteroatoms. The van der Waals surface area contributed by atoms with E-state index in [0.29, 0.717) is 18.0 Å². The Kier molecular flexibility index (Phi) is 4.11. The molecule has 3 N–H and O–H groups in total. The van der Waals surface area contributed by atoms with Gasteiger partial charge in [-0.3, -0.25) is 9.48 Å². The van der Waals surface area contributed by atoms with Crippen molar-refractivity contribution in [3.8, 4) is 0 Å². The summed E-state index contributed by atoms with van der Waals surface area (Å²) in [7, 11) is 1.86. The highest BCUT2D eigenvalue weighted by Gasteiger charge is 2.26. The number of aryl methyl sites for hydroxylation is 2. The highest BCUT2D eigenvalue weighted by Crippen LogP contribution is 2.24. The summed E-state index contributed by atoms with van der Waals surface area (Å²) >= 11 is 0. The van der Waals surface area contributed by atoms with Crippen LogP contribution >= 0.6 is 0 Å². The third-order valence-electron chi connectivity index (χ3n) is 4.65. The van der Waals surface area contributed by atoms with Gasteiger partial charge in [0.25, 0.3) is 5.91 Å². The summed E-state index contributed by atoms with van der Waals surface area (Å²) < 4.78 is 1.73. The first kappa shape index (κ1) is 15.0. The summed E-state index contributed by atoms with van der Waals surface area (Å²) in [5.41, 5.74) is 8.10. The predicted molar refractivity (Wildman–Crippen MR) is 85.5 cm³/mol. The van der Waals surface area contributed by atoms with Gasteiger partial charge < -0.3 is 11.1 Å². The van der Waals surface area contributed by atoms with Gasteiger partial charge in [-0.25, -0.2) is 4.98 Å². The van der Waals surface area contributed by atoms with Crippen molar-refractivity contribution in [1.29, 1.82) is 0 Å². The molecule has 2 aromatic heterocycles. The molecule has 1 aliphatic carbocycles. The van der Waals surface area contributed by atoms with E-state index in [1.54, 1.807) is 10.9 Å². The maximum Gasteiger partial charge on any atom is 0.253 e. The Hall–Kier alpha value is -1.95. The number of hydrogen-bond donors (Lipinski definition) is 2. The summed E-state index contributed by atoms with van der Waals surface area (Å²) in [6.07, 6.45) is 6.09. The standard InChI is InChI=1S/C16H23N5O/c1-10-13-7-12(9-18-15(13)21(2)20-10)16(22)19-14-6-4-3-5-11(14)8-17/h7,9,11,14H,3-6,8,17H2,1-2H3,(H,19,22). The van der Waals surface area contributed by atoms with Crippen LogP contribution < -0.4 is 11.1 Å². The van der Waals surface area contributed by atoms with Gasteiger partial charge in [0.05, 0.1) is 11.3 Å². The Balaban J connectivity index is 1.81. The van der Waals surface area contributed by atoms with E-state index in [4.69, 9.17) is 5.73 Å². The maximum absolute atomic E-state index is 12.5. The molecule has 1 aliphatic rings. The van der Waals surface area contributed by atoms with Crippen LogP contribution in [-0.4, -0.2) is 33.3 Å². The second-order valence-corrected chi connectivity index (χ2v) is 6.16. The molecule has 3 rings (SSSR count). The molecule has 0 aliphatic heterocycles. The number of amides is 1. The van der Waals surface area contributed by atoms with Gasteiger partial charge in [-0.1, -0.05) is 12.8 Å². The van der Waals surface area contributed by atoms with Crippen molar-refractivity contribution in [2.45, 2.75) is 38.6 Å². The van der Waals surface area contributed by atoms with Crippen LogP contribution in [0.25, 0.3) is 11.0 Å².